The van der Waals surface area contributed by atoms with Gasteiger partial charge in [0, 0.05) is 12.2 Å². The fourth-order valence-corrected chi connectivity index (χ4v) is 2.62. The first-order valence-corrected chi connectivity index (χ1v) is 8.42. The van der Waals surface area contributed by atoms with Gasteiger partial charge in [-0.3, -0.25) is 9.69 Å². The molecule has 4 nitrogen and oxygen atoms in total. The number of hydrogen-bond acceptors (Lipinski definition) is 3. The predicted molar refractivity (Wildman–Crippen MR) is 97.6 cm³/mol. The molecule has 0 aliphatic carbocycles. The van der Waals surface area contributed by atoms with Crippen molar-refractivity contribution >= 4 is 11.6 Å². The van der Waals surface area contributed by atoms with Crippen LogP contribution in [0.25, 0.3) is 0 Å². The lowest BCUT2D eigenvalue weighted by atomic mass is 10.1. The van der Waals surface area contributed by atoms with Crippen molar-refractivity contribution < 1.29 is 9.90 Å². The summed E-state index contributed by atoms with van der Waals surface area (Å²) in [5, 5.41) is 12.1. The molecular weight excluding hydrogens is 300 g/mol. The molecule has 0 spiro atoms. The highest BCUT2D eigenvalue weighted by Gasteiger charge is 2.21. The van der Waals surface area contributed by atoms with E-state index in [1.165, 1.54) is 0 Å². The van der Waals surface area contributed by atoms with E-state index in [9.17, 15) is 4.79 Å². The Balaban J connectivity index is 2.03. The molecule has 1 atom stereocenters. The smallest absolute Gasteiger partial charge is 0.241 e. The third-order valence-corrected chi connectivity index (χ3v) is 4.07. The van der Waals surface area contributed by atoms with Crippen molar-refractivity contribution in [2.45, 2.75) is 39.5 Å². The van der Waals surface area contributed by atoms with Crippen molar-refractivity contribution in [3.05, 3.63) is 65.7 Å². The summed E-state index contributed by atoms with van der Waals surface area (Å²) in [6.45, 7) is 5.67. The number of nitrogens with one attached hydrogen (secondary N) is 1. The van der Waals surface area contributed by atoms with Crippen LogP contribution in [0.2, 0.25) is 0 Å². The highest BCUT2D eigenvalue weighted by atomic mass is 16.3. The summed E-state index contributed by atoms with van der Waals surface area (Å²) in [6.07, 6.45) is 0.984. The van der Waals surface area contributed by atoms with Gasteiger partial charge in [-0.25, -0.2) is 0 Å². The Bertz CT molecular complexity index is 626. The number of amides is 1. The number of carbonyl (C=O) groups is 1. The lowest BCUT2D eigenvalue weighted by Crippen LogP contribution is -2.42. The van der Waals surface area contributed by atoms with Gasteiger partial charge in [-0.1, -0.05) is 49.4 Å². The molecule has 0 aromatic heterocycles. The molecule has 0 bridgehead atoms. The fraction of sp³-hybridized carbons (Fsp3) is 0.350. The summed E-state index contributed by atoms with van der Waals surface area (Å²) in [6, 6.07) is 17.2. The van der Waals surface area contributed by atoms with Crippen LogP contribution in [-0.4, -0.2) is 28.5 Å². The van der Waals surface area contributed by atoms with Crippen molar-refractivity contribution in [1.29, 1.82) is 0 Å². The maximum atomic E-state index is 12.5. The molecule has 128 valence electrons. The Labute approximate surface area is 144 Å². The van der Waals surface area contributed by atoms with Gasteiger partial charge in [-0.2, -0.15) is 0 Å². The van der Waals surface area contributed by atoms with Gasteiger partial charge < -0.3 is 10.4 Å². The normalized spacial score (nSPS) is 12.2. The maximum Gasteiger partial charge on any atom is 0.241 e. The van der Waals surface area contributed by atoms with Crippen LogP contribution in [0, 0.1) is 0 Å². The lowest BCUT2D eigenvalue weighted by Gasteiger charge is -2.28. The van der Waals surface area contributed by atoms with E-state index in [0.29, 0.717) is 6.54 Å². The highest BCUT2D eigenvalue weighted by Crippen LogP contribution is 2.13. The number of carbonyl (C=O) groups excluding carboxylic acids is 1. The molecule has 24 heavy (non-hydrogen) atoms. The van der Waals surface area contributed by atoms with Crippen LogP contribution in [0.15, 0.2) is 54.6 Å². The van der Waals surface area contributed by atoms with Crippen LogP contribution < -0.4 is 5.32 Å². The van der Waals surface area contributed by atoms with Gasteiger partial charge in [0.15, 0.2) is 0 Å². The van der Waals surface area contributed by atoms with E-state index in [1.54, 1.807) is 0 Å². The van der Waals surface area contributed by atoms with Gasteiger partial charge in [-0.05, 0) is 43.1 Å². The lowest BCUT2D eigenvalue weighted by molar-refractivity contribution is -0.121. The first-order valence-electron chi connectivity index (χ1n) is 8.42. The number of aliphatic hydroxyl groups is 1. The third kappa shape index (κ3) is 5.18. The number of hydrogen-bond donors (Lipinski definition) is 2. The van der Waals surface area contributed by atoms with Crippen molar-refractivity contribution in [3.63, 3.8) is 0 Å². The summed E-state index contributed by atoms with van der Waals surface area (Å²) in [5.41, 5.74) is 2.86. The summed E-state index contributed by atoms with van der Waals surface area (Å²) in [4.78, 5) is 14.7. The van der Waals surface area contributed by atoms with E-state index >= 15 is 0 Å². The van der Waals surface area contributed by atoms with Crippen molar-refractivity contribution in [1.82, 2.24) is 4.90 Å². The largest absolute Gasteiger partial charge is 0.392 e. The van der Waals surface area contributed by atoms with E-state index in [2.05, 4.69) is 17.1 Å². The van der Waals surface area contributed by atoms with E-state index in [1.807, 2.05) is 61.5 Å². The molecule has 4 heteroatoms. The first-order chi connectivity index (χ1) is 11.6. The summed E-state index contributed by atoms with van der Waals surface area (Å²) < 4.78 is 0. The third-order valence-electron chi connectivity index (χ3n) is 4.07. The SMILES string of the molecule is CCCN(Cc1ccc(CO)cc1)C(C)C(=O)Nc1ccccc1. The average Bonchev–Trinajstić information content (AvgIpc) is 2.62. The summed E-state index contributed by atoms with van der Waals surface area (Å²) in [7, 11) is 0. The Morgan fingerprint density at radius 2 is 1.71 bits per heavy atom. The standard InChI is InChI=1S/C20H26N2O2/c1-3-13-22(14-17-9-11-18(15-23)12-10-17)16(2)20(24)21-19-7-5-4-6-8-19/h4-12,16,23H,3,13-15H2,1-2H3,(H,21,24). The maximum absolute atomic E-state index is 12.5. The number of benzene rings is 2. The van der Waals surface area contributed by atoms with E-state index < -0.39 is 0 Å². The number of anilines is 1. The van der Waals surface area contributed by atoms with Crippen LogP contribution >= 0.6 is 0 Å². The Morgan fingerprint density at radius 1 is 1.08 bits per heavy atom. The molecule has 1 amide bonds. The fourth-order valence-electron chi connectivity index (χ4n) is 2.62. The Kier molecular flexibility index (Phi) is 6.97. The number of aliphatic hydroxyl groups excluding tert-OH is 1. The second-order valence-corrected chi connectivity index (χ2v) is 5.98. The minimum Gasteiger partial charge on any atom is -0.392 e. The number of rotatable bonds is 8. The zero-order chi connectivity index (χ0) is 17.4. The number of nitrogens with zero attached hydrogens (tertiary/aromatic N) is 1. The molecule has 0 aliphatic heterocycles. The van der Waals surface area contributed by atoms with Gasteiger partial charge in [-0.15, -0.1) is 0 Å². The molecule has 0 fully saturated rings. The molecule has 0 radical (unpaired) electrons. The van der Waals surface area contributed by atoms with E-state index in [0.717, 1.165) is 29.8 Å². The predicted octanol–water partition coefficient (Wildman–Crippen LogP) is 3.42. The van der Waals surface area contributed by atoms with Crippen LogP contribution in [-0.2, 0) is 17.9 Å². The van der Waals surface area contributed by atoms with Gasteiger partial charge >= 0.3 is 0 Å². The second-order valence-electron chi connectivity index (χ2n) is 5.98. The Hall–Kier alpha value is -2.17. The van der Waals surface area contributed by atoms with Gasteiger partial charge in [0.2, 0.25) is 5.91 Å². The highest BCUT2D eigenvalue weighted by molar-refractivity contribution is 5.94. The van der Waals surface area contributed by atoms with Gasteiger partial charge in [0.25, 0.3) is 0 Å². The van der Waals surface area contributed by atoms with E-state index in [-0.39, 0.29) is 18.6 Å². The zero-order valence-corrected chi connectivity index (χ0v) is 14.4. The molecule has 2 N–H and O–H groups in total. The molecule has 2 aromatic rings. The van der Waals surface area contributed by atoms with Crippen LogP contribution in [0.3, 0.4) is 0 Å². The molecule has 2 rings (SSSR count). The zero-order valence-electron chi connectivity index (χ0n) is 14.4. The van der Waals surface area contributed by atoms with Crippen LogP contribution in [0.5, 0.6) is 0 Å². The quantitative estimate of drug-likeness (QED) is 0.781. The molecule has 1 unspecified atom stereocenters. The van der Waals surface area contributed by atoms with Crippen molar-refractivity contribution in [2.75, 3.05) is 11.9 Å². The van der Waals surface area contributed by atoms with E-state index in [4.69, 9.17) is 5.11 Å². The molecular formula is C20H26N2O2. The molecule has 0 heterocycles. The Morgan fingerprint density at radius 3 is 2.29 bits per heavy atom. The molecule has 2 aromatic carbocycles. The van der Waals surface area contributed by atoms with Crippen LogP contribution in [0.4, 0.5) is 5.69 Å². The summed E-state index contributed by atoms with van der Waals surface area (Å²) in [5.74, 6) is 0.00151. The topological polar surface area (TPSA) is 52.6 Å². The second kappa shape index (κ2) is 9.21. The number of para-hydroxylation sites is 1. The molecule has 0 saturated heterocycles. The minimum absolute atomic E-state index is 0.00151. The van der Waals surface area contributed by atoms with Gasteiger partial charge in [0.1, 0.15) is 0 Å². The van der Waals surface area contributed by atoms with Crippen molar-refractivity contribution in [3.8, 4) is 0 Å². The van der Waals surface area contributed by atoms with Crippen LogP contribution in [0.1, 0.15) is 31.4 Å². The summed E-state index contributed by atoms with van der Waals surface area (Å²) >= 11 is 0. The van der Waals surface area contributed by atoms with Gasteiger partial charge in [0.05, 0.1) is 12.6 Å². The minimum atomic E-state index is -0.220. The molecule has 0 saturated carbocycles. The monoisotopic (exact) mass is 326 g/mol. The average molecular weight is 326 g/mol. The molecule has 0 aliphatic rings. The van der Waals surface area contributed by atoms with Crippen molar-refractivity contribution in [2.24, 2.45) is 0 Å². The first kappa shape index (κ1) is 18.2.